The number of anilines is 2. The van der Waals surface area contributed by atoms with E-state index in [1.807, 2.05) is 35.2 Å². The van der Waals surface area contributed by atoms with Gasteiger partial charge >= 0.3 is 5.97 Å². The van der Waals surface area contributed by atoms with Gasteiger partial charge in [-0.25, -0.2) is 9.97 Å². The lowest BCUT2D eigenvalue weighted by Gasteiger charge is -2.30. The van der Waals surface area contributed by atoms with E-state index < -0.39 is 5.91 Å². The largest absolute Gasteiger partial charge is 0.457 e. The van der Waals surface area contributed by atoms with E-state index >= 15 is 0 Å². The van der Waals surface area contributed by atoms with Gasteiger partial charge in [-0.3, -0.25) is 9.59 Å². The number of aromatic nitrogens is 2. The fourth-order valence-corrected chi connectivity index (χ4v) is 3.48. The minimum absolute atomic E-state index is 0.231. The van der Waals surface area contributed by atoms with Gasteiger partial charge < -0.3 is 19.7 Å². The number of para-hydroxylation sites is 1. The van der Waals surface area contributed by atoms with Crippen molar-refractivity contribution in [2.75, 3.05) is 29.9 Å². The van der Waals surface area contributed by atoms with Gasteiger partial charge in [0.15, 0.2) is 6.61 Å². The Balaban J connectivity index is 1.22. The molecule has 2 heterocycles. The molecule has 0 spiro atoms. The fourth-order valence-electron chi connectivity index (χ4n) is 3.48. The molecule has 164 valence electrons. The van der Waals surface area contributed by atoms with Gasteiger partial charge in [0.1, 0.15) is 11.5 Å². The van der Waals surface area contributed by atoms with Crippen molar-refractivity contribution < 1.29 is 19.1 Å². The Morgan fingerprint density at radius 2 is 1.66 bits per heavy atom. The lowest BCUT2D eigenvalue weighted by molar-refractivity contribution is -0.152. The highest BCUT2D eigenvalue weighted by atomic mass is 16.5. The number of carbonyl (C=O) groups excluding carboxylic acids is 2. The predicted octanol–water partition coefficient (Wildman–Crippen LogP) is 3.67. The van der Waals surface area contributed by atoms with Crippen LogP contribution in [0.4, 0.5) is 11.6 Å². The third-order valence-electron chi connectivity index (χ3n) is 5.11. The molecule has 0 saturated carbocycles. The smallest absolute Gasteiger partial charge is 0.309 e. The SMILES string of the molecule is O=C(COC(=O)C1CCN(c2ncccn2)CC1)Nc1cccc(Oc2ccccc2)c1. The molecule has 3 aromatic rings. The second-order valence-corrected chi connectivity index (χ2v) is 7.41. The van der Waals surface area contributed by atoms with E-state index in [-0.39, 0.29) is 18.5 Å². The van der Waals surface area contributed by atoms with Crippen LogP contribution in [-0.4, -0.2) is 41.5 Å². The normalized spacial score (nSPS) is 13.9. The molecule has 1 saturated heterocycles. The van der Waals surface area contributed by atoms with Crippen molar-refractivity contribution in [3.8, 4) is 11.5 Å². The molecule has 0 aliphatic carbocycles. The van der Waals surface area contributed by atoms with E-state index in [1.165, 1.54) is 0 Å². The lowest BCUT2D eigenvalue weighted by atomic mass is 9.97. The van der Waals surface area contributed by atoms with Crippen LogP contribution in [-0.2, 0) is 14.3 Å². The Hall–Kier alpha value is -3.94. The number of amides is 1. The van der Waals surface area contributed by atoms with E-state index in [4.69, 9.17) is 9.47 Å². The Kier molecular flexibility index (Phi) is 6.91. The summed E-state index contributed by atoms with van der Waals surface area (Å²) in [7, 11) is 0. The molecule has 2 aromatic carbocycles. The third-order valence-corrected chi connectivity index (χ3v) is 5.11. The van der Waals surface area contributed by atoms with Crippen molar-refractivity contribution in [3.05, 3.63) is 73.1 Å². The van der Waals surface area contributed by atoms with Gasteiger partial charge in [-0.15, -0.1) is 0 Å². The van der Waals surface area contributed by atoms with Crippen LogP contribution in [0.1, 0.15) is 12.8 Å². The molecule has 4 rings (SSSR count). The van der Waals surface area contributed by atoms with Crippen molar-refractivity contribution >= 4 is 23.5 Å². The molecule has 1 fully saturated rings. The number of ether oxygens (including phenoxy) is 2. The van der Waals surface area contributed by atoms with Crippen LogP contribution in [0.3, 0.4) is 0 Å². The summed E-state index contributed by atoms with van der Waals surface area (Å²) in [5.41, 5.74) is 0.565. The summed E-state index contributed by atoms with van der Waals surface area (Å²) in [5.74, 6) is 0.984. The van der Waals surface area contributed by atoms with Gasteiger partial charge in [0.25, 0.3) is 5.91 Å². The van der Waals surface area contributed by atoms with Gasteiger partial charge in [-0.05, 0) is 43.2 Å². The van der Waals surface area contributed by atoms with Crippen molar-refractivity contribution in [2.45, 2.75) is 12.8 Å². The monoisotopic (exact) mass is 432 g/mol. The minimum Gasteiger partial charge on any atom is -0.457 e. The first-order chi connectivity index (χ1) is 15.7. The number of hydrogen-bond donors (Lipinski definition) is 1. The third kappa shape index (κ3) is 5.81. The fraction of sp³-hybridized carbons (Fsp3) is 0.250. The van der Waals surface area contributed by atoms with Crippen LogP contribution in [0, 0.1) is 5.92 Å². The van der Waals surface area contributed by atoms with Crippen molar-refractivity contribution in [3.63, 3.8) is 0 Å². The van der Waals surface area contributed by atoms with E-state index in [9.17, 15) is 9.59 Å². The Morgan fingerprint density at radius 1 is 0.938 bits per heavy atom. The number of rotatable bonds is 7. The van der Waals surface area contributed by atoms with E-state index in [1.54, 1.807) is 42.7 Å². The maximum absolute atomic E-state index is 12.4. The predicted molar refractivity (Wildman–Crippen MR) is 120 cm³/mol. The summed E-state index contributed by atoms with van der Waals surface area (Å²) in [6.07, 6.45) is 4.67. The number of nitrogens with one attached hydrogen (secondary N) is 1. The van der Waals surface area contributed by atoms with Crippen LogP contribution in [0.15, 0.2) is 73.1 Å². The van der Waals surface area contributed by atoms with Gasteiger partial charge in [-0.2, -0.15) is 0 Å². The molecule has 32 heavy (non-hydrogen) atoms. The maximum Gasteiger partial charge on any atom is 0.309 e. The molecular weight excluding hydrogens is 408 g/mol. The lowest BCUT2D eigenvalue weighted by Crippen LogP contribution is -2.38. The Bertz CT molecular complexity index is 1040. The van der Waals surface area contributed by atoms with E-state index in [2.05, 4.69) is 15.3 Å². The van der Waals surface area contributed by atoms with Crippen LogP contribution in [0.25, 0.3) is 0 Å². The number of carbonyl (C=O) groups is 2. The van der Waals surface area contributed by atoms with Gasteiger partial charge in [0.05, 0.1) is 5.92 Å². The molecule has 0 radical (unpaired) electrons. The Morgan fingerprint density at radius 3 is 2.41 bits per heavy atom. The highest BCUT2D eigenvalue weighted by molar-refractivity contribution is 5.93. The van der Waals surface area contributed by atoms with Crippen LogP contribution in [0.2, 0.25) is 0 Å². The number of piperidine rings is 1. The van der Waals surface area contributed by atoms with Crippen LogP contribution >= 0.6 is 0 Å². The summed E-state index contributed by atoms with van der Waals surface area (Å²) < 4.78 is 11.0. The zero-order valence-corrected chi connectivity index (χ0v) is 17.5. The number of hydrogen-bond acceptors (Lipinski definition) is 7. The Labute approximate surface area is 186 Å². The molecule has 1 aliphatic rings. The highest BCUT2D eigenvalue weighted by Gasteiger charge is 2.27. The van der Waals surface area contributed by atoms with Gasteiger partial charge in [-0.1, -0.05) is 24.3 Å². The zero-order valence-electron chi connectivity index (χ0n) is 17.5. The van der Waals surface area contributed by atoms with Crippen molar-refractivity contribution in [2.24, 2.45) is 5.92 Å². The maximum atomic E-state index is 12.4. The molecule has 1 amide bonds. The first kappa shape index (κ1) is 21.3. The number of nitrogens with zero attached hydrogens (tertiary/aromatic N) is 3. The average molecular weight is 432 g/mol. The van der Waals surface area contributed by atoms with Gasteiger partial charge in [0, 0.05) is 37.2 Å². The standard InChI is InChI=1S/C24H24N4O4/c29-22(27-19-6-4-9-21(16-19)32-20-7-2-1-3-8-20)17-31-23(30)18-10-14-28(15-11-18)24-25-12-5-13-26-24/h1-9,12-13,16,18H,10-11,14-15,17H2,(H,27,29). The van der Waals surface area contributed by atoms with Crippen molar-refractivity contribution in [1.82, 2.24) is 9.97 Å². The average Bonchev–Trinajstić information content (AvgIpc) is 2.84. The zero-order chi connectivity index (χ0) is 22.2. The summed E-state index contributed by atoms with van der Waals surface area (Å²) in [6, 6.07) is 18.2. The van der Waals surface area contributed by atoms with Crippen LogP contribution in [0.5, 0.6) is 11.5 Å². The van der Waals surface area contributed by atoms with Crippen molar-refractivity contribution in [1.29, 1.82) is 0 Å². The quantitative estimate of drug-likeness (QED) is 0.570. The van der Waals surface area contributed by atoms with E-state index in [0.717, 1.165) is 0 Å². The van der Waals surface area contributed by atoms with Gasteiger partial charge in [0.2, 0.25) is 5.95 Å². The molecule has 1 aromatic heterocycles. The second-order valence-electron chi connectivity index (χ2n) is 7.41. The summed E-state index contributed by atoms with van der Waals surface area (Å²) >= 11 is 0. The molecule has 0 bridgehead atoms. The molecule has 0 unspecified atom stereocenters. The highest BCUT2D eigenvalue weighted by Crippen LogP contribution is 2.24. The van der Waals surface area contributed by atoms with E-state index in [0.29, 0.717) is 49.1 Å². The molecule has 1 aliphatic heterocycles. The number of esters is 1. The minimum atomic E-state index is -0.398. The first-order valence-corrected chi connectivity index (χ1v) is 10.5. The molecule has 8 heteroatoms. The molecule has 8 nitrogen and oxygen atoms in total. The first-order valence-electron chi connectivity index (χ1n) is 10.5. The topological polar surface area (TPSA) is 93.7 Å². The number of benzene rings is 2. The molecular formula is C24H24N4O4. The summed E-state index contributed by atoms with van der Waals surface area (Å²) in [4.78, 5) is 35.2. The molecule has 0 atom stereocenters. The molecule has 1 N–H and O–H groups in total. The summed E-state index contributed by atoms with van der Waals surface area (Å²) in [6.45, 7) is 1.01. The second kappa shape index (κ2) is 10.4. The van der Waals surface area contributed by atoms with Crippen LogP contribution < -0.4 is 15.0 Å². The summed E-state index contributed by atoms with van der Waals surface area (Å²) in [5, 5.41) is 2.73.